The van der Waals surface area contributed by atoms with Gasteiger partial charge in [-0.15, -0.1) is 0 Å². The molecule has 1 unspecified atom stereocenters. The average Bonchev–Trinajstić information content (AvgIpc) is 2.89. The van der Waals surface area contributed by atoms with Crippen molar-refractivity contribution in [1.29, 1.82) is 0 Å². The molecule has 1 heterocycles. The quantitative estimate of drug-likeness (QED) is 0.485. The fourth-order valence-corrected chi connectivity index (χ4v) is 5.16. The van der Waals surface area contributed by atoms with Crippen LogP contribution in [0.3, 0.4) is 0 Å². The highest BCUT2D eigenvalue weighted by atomic mass is 35.5. The second kappa shape index (κ2) is 13.1. The van der Waals surface area contributed by atoms with Gasteiger partial charge in [0, 0.05) is 57.8 Å². The van der Waals surface area contributed by atoms with Crippen molar-refractivity contribution in [1.82, 2.24) is 20.0 Å². The van der Waals surface area contributed by atoms with Crippen LogP contribution in [-0.2, 0) is 0 Å². The maximum atomic E-state index is 13.0. The number of likely N-dealkylation sites (N-methyl/N-ethyl adjacent to an activating group) is 1. The molecule has 6 nitrogen and oxygen atoms in total. The van der Waals surface area contributed by atoms with Crippen LogP contribution in [0.1, 0.15) is 48.0 Å². The number of urea groups is 1. The predicted molar refractivity (Wildman–Crippen MR) is 144 cm³/mol. The second-order valence-corrected chi connectivity index (χ2v) is 9.94. The molecule has 0 aliphatic carbocycles. The summed E-state index contributed by atoms with van der Waals surface area (Å²) in [5.41, 5.74) is 1.76. The molecule has 1 saturated heterocycles. The Balaban J connectivity index is 1.65. The second-order valence-electron chi connectivity index (χ2n) is 9.12. The molecule has 1 aliphatic heterocycles. The molecule has 1 aliphatic rings. The normalized spacial score (nSPS) is 15.5. The van der Waals surface area contributed by atoms with Crippen LogP contribution in [-0.4, -0.2) is 79.5 Å². The molecule has 3 amide bonds. The molecule has 1 atom stereocenters. The van der Waals surface area contributed by atoms with E-state index in [2.05, 4.69) is 10.2 Å². The summed E-state index contributed by atoms with van der Waals surface area (Å²) in [6, 6.07) is 15.4. The lowest BCUT2D eigenvalue weighted by Crippen LogP contribution is -2.50. The summed E-state index contributed by atoms with van der Waals surface area (Å²) in [6.07, 6.45) is 2.82. The average molecular weight is 520 g/mol. The molecule has 35 heavy (non-hydrogen) atoms. The zero-order valence-electron chi connectivity index (χ0n) is 20.8. The van der Waals surface area contributed by atoms with Gasteiger partial charge in [-0.25, -0.2) is 4.79 Å². The molecule has 2 aromatic rings. The van der Waals surface area contributed by atoms with E-state index in [1.54, 1.807) is 11.9 Å². The van der Waals surface area contributed by atoms with Gasteiger partial charge >= 0.3 is 6.03 Å². The number of nitrogens with one attached hydrogen (secondary N) is 1. The van der Waals surface area contributed by atoms with Crippen LogP contribution in [0.5, 0.6) is 0 Å². The van der Waals surface area contributed by atoms with Gasteiger partial charge in [0.25, 0.3) is 5.91 Å². The smallest absolute Gasteiger partial charge is 0.317 e. The van der Waals surface area contributed by atoms with Crippen molar-refractivity contribution in [2.75, 3.05) is 46.8 Å². The standard InChI is InChI=1S/C27H36Cl2N4O2/c1-4-33(27(35)30-2)23-13-16-32(17-14-23)15-12-22(21-10-11-24(28)25(29)18-21)19-31(3)26(34)20-8-6-5-7-9-20/h5-11,18,22-23H,4,12-17,19H2,1-3H3,(H,30,35). The van der Waals surface area contributed by atoms with Crippen molar-refractivity contribution in [2.45, 2.75) is 38.1 Å². The third kappa shape index (κ3) is 7.35. The van der Waals surface area contributed by atoms with E-state index in [-0.39, 0.29) is 23.9 Å². The van der Waals surface area contributed by atoms with Gasteiger partial charge in [-0.3, -0.25) is 4.79 Å². The molecule has 0 radical (unpaired) electrons. The SMILES string of the molecule is CCN(C(=O)NC)C1CCN(CCC(CN(C)C(=O)c2ccccc2)c2ccc(Cl)c(Cl)c2)CC1. The number of piperidine rings is 1. The van der Waals surface area contributed by atoms with E-state index in [0.29, 0.717) is 28.7 Å². The van der Waals surface area contributed by atoms with Gasteiger partial charge in [0.2, 0.25) is 0 Å². The first kappa shape index (κ1) is 27.3. The first-order valence-corrected chi connectivity index (χ1v) is 13.1. The molecule has 0 bridgehead atoms. The van der Waals surface area contributed by atoms with Crippen molar-refractivity contribution < 1.29 is 9.59 Å². The van der Waals surface area contributed by atoms with E-state index in [0.717, 1.165) is 44.5 Å². The molecule has 2 aromatic carbocycles. The summed E-state index contributed by atoms with van der Waals surface area (Å²) in [6.45, 7) is 6.14. The van der Waals surface area contributed by atoms with Crippen molar-refractivity contribution in [2.24, 2.45) is 0 Å². The number of halogens is 2. The fourth-order valence-electron chi connectivity index (χ4n) is 4.85. The van der Waals surface area contributed by atoms with E-state index >= 15 is 0 Å². The van der Waals surface area contributed by atoms with Crippen molar-refractivity contribution in [3.63, 3.8) is 0 Å². The highest BCUT2D eigenvalue weighted by Crippen LogP contribution is 2.29. The van der Waals surface area contributed by atoms with Crippen LogP contribution >= 0.6 is 23.2 Å². The van der Waals surface area contributed by atoms with Crippen LogP contribution in [0.25, 0.3) is 0 Å². The molecule has 0 saturated carbocycles. The first-order valence-electron chi connectivity index (χ1n) is 12.3. The molecule has 190 valence electrons. The van der Waals surface area contributed by atoms with Crippen LogP contribution in [0.4, 0.5) is 4.79 Å². The summed E-state index contributed by atoms with van der Waals surface area (Å²) in [4.78, 5) is 31.3. The van der Waals surface area contributed by atoms with Crippen LogP contribution in [0, 0.1) is 0 Å². The van der Waals surface area contributed by atoms with Gasteiger partial charge in [-0.1, -0.05) is 47.5 Å². The highest BCUT2D eigenvalue weighted by molar-refractivity contribution is 6.42. The number of nitrogens with zero attached hydrogens (tertiary/aromatic N) is 3. The summed E-state index contributed by atoms with van der Waals surface area (Å²) >= 11 is 12.5. The van der Waals surface area contributed by atoms with E-state index in [1.807, 2.05) is 67.4 Å². The number of hydrogen-bond donors (Lipinski definition) is 1. The maximum absolute atomic E-state index is 13.0. The Labute approximate surface area is 219 Å². The Bertz CT molecular complexity index is 980. The van der Waals surface area contributed by atoms with Gasteiger partial charge in [-0.2, -0.15) is 0 Å². The Kier molecular flexibility index (Phi) is 10.3. The van der Waals surface area contributed by atoms with E-state index in [1.165, 1.54) is 0 Å². The first-order chi connectivity index (χ1) is 16.8. The Morgan fingerprint density at radius 1 is 1.09 bits per heavy atom. The van der Waals surface area contributed by atoms with E-state index < -0.39 is 0 Å². The van der Waals surface area contributed by atoms with Crippen LogP contribution < -0.4 is 5.32 Å². The van der Waals surface area contributed by atoms with E-state index in [4.69, 9.17) is 23.2 Å². The van der Waals surface area contributed by atoms with Crippen molar-refractivity contribution in [3.05, 3.63) is 69.7 Å². The van der Waals surface area contributed by atoms with Gasteiger partial charge in [0.15, 0.2) is 0 Å². The summed E-state index contributed by atoms with van der Waals surface area (Å²) < 4.78 is 0. The predicted octanol–water partition coefficient (Wildman–Crippen LogP) is 5.37. The number of amides is 3. The number of rotatable bonds is 9. The summed E-state index contributed by atoms with van der Waals surface area (Å²) in [5, 5.41) is 3.81. The molecular formula is C27H36Cl2N4O2. The maximum Gasteiger partial charge on any atom is 0.317 e. The molecule has 8 heteroatoms. The topological polar surface area (TPSA) is 55.9 Å². The lowest BCUT2D eigenvalue weighted by Gasteiger charge is -2.38. The Morgan fingerprint density at radius 2 is 1.77 bits per heavy atom. The number of likely N-dealkylation sites (tertiary alicyclic amines) is 1. The van der Waals surface area contributed by atoms with Crippen molar-refractivity contribution in [3.8, 4) is 0 Å². The summed E-state index contributed by atoms with van der Waals surface area (Å²) in [7, 11) is 3.53. The minimum absolute atomic E-state index is 0.00301. The van der Waals surface area contributed by atoms with Gasteiger partial charge < -0.3 is 20.0 Å². The fraction of sp³-hybridized carbons (Fsp3) is 0.481. The molecule has 1 fully saturated rings. The monoisotopic (exact) mass is 518 g/mol. The minimum atomic E-state index is -0.00301. The van der Waals surface area contributed by atoms with Gasteiger partial charge in [0.1, 0.15) is 0 Å². The molecule has 0 aromatic heterocycles. The number of hydrogen-bond acceptors (Lipinski definition) is 3. The van der Waals surface area contributed by atoms with Crippen LogP contribution in [0.15, 0.2) is 48.5 Å². The van der Waals surface area contributed by atoms with Crippen LogP contribution in [0.2, 0.25) is 10.0 Å². The minimum Gasteiger partial charge on any atom is -0.341 e. The molecule has 3 rings (SSSR count). The largest absolute Gasteiger partial charge is 0.341 e. The number of benzene rings is 2. The molecule has 1 N–H and O–H groups in total. The Hall–Kier alpha value is -2.28. The lowest BCUT2D eigenvalue weighted by atomic mass is 9.94. The molecular weight excluding hydrogens is 483 g/mol. The third-order valence-corrected chi connectivity index (χ3v) is 7.62. The van der Waals surface area contributed by atoms with Gasteiger partial charge in [-0.05, 0) is 62.6 Å². The zero-order chi connectivity index (χ0) is 25.4. The number of carbonyl (C=O) groups is 2. The van der Waals surface area contributed by atoms with Gasteiger partial charge in [0.05, 0.1) is 10.0 Å². The highest BCUT2D eigenvalue weighted by Gasteiger charge is 2.27. The van der Waals surface area contributed by atoms with E-state index in [9.17, 15) is 9.59 Å². The molecule has 0 spiro atoms. The number of carbonyl (C=O) groups excluding carboxylic acids is 2. The zero-order valence-corrected chi connectivity index (χ0v) is 22.4. The summed E-state index contributed by atoms with van der Waals surface area (Å²) in [5.74, 6) is 0.128. The lowest BCUT2D eigenvalue weighted by molar-refractivity contribution is 0.0779. The third-order valence-electron chi connectivity index (χ3n) is 6.88. The Morgan fingerprint density at radius 3 is 2.37 bits per heavy atom. The van der Waals surface area contributed by atoms with Crippen molar-refractivity contribution >= 4 is 35.1 Å².